The lowest BCUT2D eigenvalue weighted by Gasteiger charge is -2.20. The highest BCUT2D eigenvalue weighted by Gasteiger charge is 2.40. The average molecular weight is 318 g/mol. The molecule has 1 fully saturated rings. The molecule has 0 spiro atoms. The molecule has 4 atom stereocenters. The highest BCUT2D eigenvalue weighted by atomic mass is 16.6. The summed E-state index contributed by atoms with van der Waals surface area (Å²) < 4.78 is 21.6. The number of methoxy groups -OCH3 is 1. The normalized spacial score (nSPS) is 27.0. The first kappa shape index (κ1) is 18.0. The van der Waals surface area contributed by atoms with Crippen molar-refractivity contribution in [2.45, 2.75) is 38.2 Å². The van der Waals surface area contributed by atoms with Crippen LogP contribution in [0.3, 0.4) is 0 Å². The Balaban J connectivity index is 1.77. The monoisotopic (exact) mass is 318 g/mol. The van der Waals surface area contributed by atoms with Gasteiger partial charge in [-0.05, 0) is 5.56 Å². The summed E-state index contributed by atoms with van der Waals surface area (Å²) in [5.41, 5.74) is 0.957. The van der Waals surface area contributed by atoms with E-state index >= 15 is 0 Å². The summed E-state index contributed by atoms with van der Waals surface area (Å²) >= 11 is 0. The van der Waals surface area contributed by atoms with Gasteiger partial charge >= 0.3 is 5.97 Å². The van der Waals surface area contributed by atoms with Gasteiger partial charge < -0.3 is 18.9 Å². The number of hydrogen-bond acceptors (Lipinski definition) is 5. The van der Waals surface area contributed by atoms with Crippen molar-refractivity contribution in [1.82, 2.24) is 0 Å². The van der Waals surface area contributed by atoms with E-state index in [1.807, 2.05) is 37.3 Å². The summed E-state index contributed by atoms with van der Waals surface area (Å²) in [7, 11) is 7.56. The zero-order valence-corrected chi connectivity index (χ0v) is 13.6. The molecule has 1 aliphatic rings. The quantitative estimate of drug-likeness (QED) is 0.415. The molecule has 2 radical (unpaired) electrons. The van der Waals surface area contributed by atoms with Crippen LogP contribution in [0.15, 0.2) is 30.3 Å². The summed E-state index contributed by atoms with van der Waals surface area (Å²) in [6, 6.07) is 9.03. The largest absolute Gasteiger partial charge is 0.461 e. The van der Waals surface area contributed by atoms with E-state index < -0.39 is 6.00 Å². The highest BCUT2D eigenvalue weighted by molar-refractivity contribution is 6.11. The van der Waals surface area contributed by atoms with Gasteiger partial charge in [0, 0.05) is 19.0 Å². The molecule has 0 aromatic heterocycles. The lowest BCUT2D eigenvalue weighted by Crippen LogP contribution is -2.31. The van der Waals surface area contributed by atoms with Crippen LogP contribution in [0.4, 0.5) is 0 Å². The molecule has 0 N–H and O–H groups in total. The van der Waals surface area contributed by atoms with Crippen molar-refractivity contribution >= 4 is 13.8 Å². The van der Waals surface area contributed by atoms with Crippen molar-refractivity contribution in [2.75, 3.05) is 20.3 Å². The second kappa shape index (κ2) is 9.06. The number of esters is 1. The van der Waals surface area contributed by atoms with Gasteiger partial charge in [-0.1, -0.05) is 37.3 Å². The first-order chi connectivity index (χ1) is 11.1. The Bertz CT molecular complexity index is 481. The van der Waals surface area contributed by atoms with Crippen molar-refractivity contribution in [2.24, 2.45) is 5.92 Å². The first-order valence-corrected chi connectivity index (χ1v) is 7.83. The van der Waals surface area contributed by atoms with Gasteiger partial charge in [-0.3, -0.25) is 4.79 Å². The molecule has 0 aliphatic carbocycles. The summed E-state index contributed by atoms with van der Waals surface area (Å²) in [5.74, 6) is -0.276. The zero-order valence-electron chi connectivity index (χ0n) is 13.6. The van der Waals surface area contributed by atoms with Gasteiger partial charge in [-0.2, -0.15) is 0 Å². The van der Waals surface area contributed by atoms with Crippen molar-refractivity contribution in [1.29, 1.82) is 0 Å². The van der Waals surface area contributed by atoms with E-state index in [0.29, 0.717) is 13.2 Å². The molecular weight excluding hydrogens is 295 g/mol. The molecule has 1 heterocycles. The van der Waals surface area contributed by atoms with Gasteiger partial charge in [0.05, 0.1) is 31.8 Å². The van der Waals surface area contributed by atoms with E-state index in [1.54, 1.807) is 7.11 Å². The number of ether oxygens (including phenoxy) is 4. The van der Waals surface area contributed by atoms with Crippen LogP contribution < -0.4 is 0 Å². The van der Waals surface area contributed by atoms with Gasteiger partial charge in [0.25, 0.3) is 0 Å². The number of hydrogen-bond donors (Lipinski definition) is 0. The molecule has 2 rings (SSSR count). The minimum absolute atomic E-state index is 0.0196. The molecule has 1 unspecified atom stereocenters. The molecule has 0 amide bonds. The fraction of sp³-hybridized carbons (Fsp3) is 0.588. The molecule has 0 bridgehead atoms. The van der Waals surface area contributed by atoms with E-state index in [9.17, 15) is 4.79 Å². The summed E-state index contributed by atoms with van der Waals surface area (Å²) in [4.78, 5) is 12.0. The maximum Gasteiger partial charge on any atom is 0.308 e. The molecule has 23 heavy (non-hydrogen) atoms. The molecular formula is C17H23BO5. The smallest absolute Gasteiger partial charge is 0.308 e. The molecule has 1 aromatic rings. The number of carbonyl (C=O) groups is 1. The minimum atomic E-state index is -0.534. The number of benzene rings is 1. The lowest BCUT2D eigenvalue weighted by molar-refractivity contribution is -0.148. The third-order valence-electron chi connectivity index (χ3n) is 3.97. The summed E-state index contributed by atoms with van der Waals surface area (Å²) in [6.45, 7) is 3.19. The third kappa shape index (κ3) is 5.34. The number of carbonyl (C=O) groups excluding carboxylic acids is 1. The Kier molecular flexibility index (Phi) is 7.08. The van der Waals surface area contributed by atoms with Crippen molar-refractivity contribution in [3.8, 4) is 0 Å². The second-order valence-corrected chi connectivity index (χ2v) is 5.68. The lowest BCUT2D eigenvalue weighted by atomic mass is 9.88. The molecule has 1 saturated heterocycles. The van der Waals surface area contributed by atoms with Crippen molar-refractivity contribution < 1.29 is 23.7 Å². The van der Waals surface area contributed by atoms with E-state index in [-0.39, 0.29) is 37.1 Å². The fourth-order valence-electron chi connectivity index (χ4n) is 2.62. The van der Waals surface area contributed by atoms with Crippen molar-refractivity contribution in [3.63, 3.8) is 0 Å². The Morgan fingerprint density at radius 2 is 2.00 bits per heavy atom. The topological polar surface area (TPSA) is 54.0 Å². The molecule has 0 saturated carbocycles. The first-order valence-electron chi connectivity index (χ1n) is 7.83. The second-order valence-electron chi connectivity index (χ2n) is 5.68. The van der Waals surface area contributed by atoms with Gasteiger partial charge in [0.15, 0.2) is 0 Å². The van der Waals surface area contributed by atoms with Gasteiger partial charge in [0.2, 0.25) is 0 Å². The van der Waals surface area contributed by atoms with Crippen LogP contribution >= 0.6 is 0 Å². The van der Waals surface area contributed by atoms with Crippen LogP contribution in [0.25, 0.3) is 0 Å². The van der Waals surface area contributed by atoms with Crippen molar-refractivity contribution in [3.05, 3.63) is 35.9 Å². The molecule has 124 valence electrons. The standard InChI is InChI=1S/C17H23BO5/c1-12-14(23-17(18)16(12)21-9-8-20-2)10-15(19)22-11-13-6-4-3-5-7-13/h3-7,12,14,16-17H,8-11H2,1-2H3/t12-,14+,16?,17+/m0/s1. The van der Waals surface area contributed by atoms with Gasteiger partial charge in [-0.15, -0.1) is 0 Å². The molecule has 5 nitrogen and oxygen atoms in total. The van der Waals surface area contributed by atoms with E-state index in [1.165, 1.54) is 0 Å². The van der Waals surface area contributed by atoms with Crippen LogP contribution in [-0.2, 0) is 30.3 Å². The predicted octanol–water partition coefficient (Wildman–Crippen LogP) is 1.68. The highest BCUT2D eigenvalue weighted by Crippen LogP contribution is 2.30. The van der Waals surface area contributed by atoms with E-state index in [0.717, 1.165) is 5.56 Å². The van der Waals surface area contributed by atoms with E-state index in [2.05, 4.69) is 0 Å². The number of rotatable bonds is 8. The Labute approximate surface area is 138 Å². The van der Waals surface area contributed by atoms with Crippen LogP contribution in [0.2, 0.25) is 0 Å². The maximum atomic E-state index is 12.0. The van der Waals surface area contributed by atoms with Crippen LogP contribution in [0, 0.1) is 5.92 Å². The Morgan fingerprint density at radius 1 is 1.26 bits per heavy atom. The van der Waals surface area contributed by atoms with Gasteiger partial charge in [-0.25, -0.2) is 0 Å². The summed E-state index contributed by atoms with van der Waals surface area (Å²) in [6.07, 6.45) is -0.357. The van der Waals surface area contributed by atoms with Gasteiger partial charge in [0.1, 0.15) is 14.5 Å². The fourth-order valence-corrected chi connectivity index (χ4v) is 2.62. The molecule has 1 aliphatic heterocycles. The van der Waals surface area contributed by atoms with E-state index in [4.69, 9.17) is 26.8 Å². The summed E-state index contributed by atoms with van der Waals surface area (Å²) in [5, 5.41) is 0. The zero-order chi connectivity index (χ0) is 16.7. The Morgan fingerprint density at radius 3 is 2.70 bits per heavy atom. The molecule has 6 heteroatoms. The average Bonchev–Trinajstić information content (AvgIpc) is 2.81. The SMILES string of the molecule is [B][C@@H]1O[C@H](CC(=O)OCc2ccccc2)[C@H](C)C1OCCOC. The maximum absolute atomic E-state index is 12.0. The van der Waals surface area contributed by atoms with Crippen LogP contribution in [0.1, 0.15) is 18.9 Å². The Hall–Kier alpha value is -1.37. The van der Waals surface area contributed by atoms with Crippen LogP contribution in [0.5, 0.6) is 0 Å². The predicted molar refractivity (Wildman–Crippen MR) is 86.1 cm³/mol. The minimum Gasteiger partial charge on any atom is -0.461 e. The molecule has 1 aromatic carbocycles. The third-order valence-corrected chi connectivity index (χ3v) is 3.97. The van der Waals surface area contributed by atoms with Crippen LogP contribution in [-0.4, -0.2) is 52.4 Å².